The first-order valence-corrected chi connectivity index (χ1v) is 10.7. The number of methoxy groups -OCH3 is 1. The fourth-order valence-corrected chi connectivity index (χ4v) is 3.17. The summed E-state index contributed by atoms with van der Waals surface area (Å²) in [6.45, 7) is 4.47. The Kier molecular flexibility index (Phi) is 9.38. The largest absolute Gasteiger partial charge is 0.493 e. The predicted octanol–water partition coefficient (Wildman–Crippen LogP) is 4.99. The molecule has 1 amide bonds. The first-order valence-electron chi connectivity index (χ1n) is 8.75. The Morgan fingerprint density at radius 2 is 2.00 bits per heavy atom. The smallest absolute Gasteiger partial charge is 0.271 e. The first kappa shape index (κ1) is 23.1. The van der Waals surface area contributed by atoms with E-state index in [0.29, 0.717) is 52.4 Å². The molecular formula is C21H22Cl2N2O3S. The van der Waals surface area contributed by atoms with E-state index in [-0.39, 0.29) is 5.91 Å². The molecule has 29 heavy (non-hydrogen) atoms. The van der Waals surface area contributed by atoms with Gasteiger partial charge in [0.05, 0.1) is 17.2 Å². The second-order valence-electron chi connectivity index (χ2n) is 5.84. The van der Waals surface area contributed by atoms with Crippen molar-refractivity contribution in [3.8, 4) is 11.5 Å². The van der Waals surface area contributed by atoms with Crippen LogP contribution in [0, 0.1) is 0 Å². The summed E-state index contributed by atoms with van der Waals surface area (Å²) in [6.07, 6.45) is 4.08. The van der Waals surface area contributed by atoms with Crippen LogP contribution in [0.5, 0.6) is 11.5 Å². The monoisotopic (exact) mass is 452 g/mol. The summed E-state index contributed by atoms with van der Waals surface area (Å²) >= 11 is 13.2. The van der Waals surface area contributed by atoms with Crippen LogP contribution in [0.2, 0.25) is 10.0 Å². The summed E-state index contributed by atoms with van der Waals surface area (Å²) in [5.41, 5.74) is 1.91. The second kappa shape index (κ2) is 11.8. The quantitative estimate of drug-likeness (QED) is 0.313. The Hall–Kier alpha value is -2.15. The van der Waals surface area contributed by atoms with E-state index in [9.17, 15) is 4.79 Å². The van der Waals surface area contributed by atoms with Crippen LogP contribution < -0.4 is 14.8 Å². The van der Waals surface area contributed by atoms with Crippen LogP contribution in [0.25, 0.3) is 0 Å². The van der Waals surface area contributed by atoms with E-state index in [1.165, 1.54) is 11.9 Å². The Bertz CT molecular complexity index is 903. The maximum Gasteiger partial charge on any atom is 0.271 e. The molecule has 1 N–H and O–H groups in total. The van der Waals surface area contributed by atoms with Crippen molar-refractivity contribution in [2.24, 2.45) is 4.40 Å². The zero-order valence-corrected chi connectivity index (χ0v) is 18.5. The highest BCUT2D eigenvalue weighted by Crippen LogP contribution is 2.28. The third-order valence-electron chi connectivity index (χ3n) is 3.87. The minimum atomic E-state index is -0.282. The van der Waals surface area contributed by atoms with Crippen molar-refractivity contribution in [3.05, 3.63) is 70.2 Å². The minimum Gasteiger partial charge on any atom is -0.493 e. The van der Waals surface area contributed by atoms with Crippen LogP contribution in [0.3, 0.4) is 0 Å². The van der Waals surface area contributed by atoms with Crippen LogP contribution in [0.4, 0.5) is 0 Å². The highest BCUT2D eigenvalue weighted by atomic mass is 35.5. The molecule has 154 valence electrons. The molecule has 0 fully saturated rings. The Labute approximate surface area is 185 Å². The zero-order chi connectivity index (χ0) is 21.2. The van der Waals surface area contributed by atoms with E-state index < -0.39 is 0 Å². The average molecular weight is 453 g/mol. The molecule has 2 rings (SSSR count). The standard InChI is InChI=1S/C21H22Cl2N2O3S/c1-4-11-28-18-8-5-14(12-19(18)27-2)9-10-24-21(26)20(25-29-3)15-6-7-16(22)17(23)13-15/h4-8,12-13H,1,9-11H2,2-3H3,(H,24,26). The Morgan fingerprint density at radius 3 is 2.66 bits per heavy atom. The molecule has 5 nitrogen and oxygen atoms in total. The maximum absolute atomic E-state index is 12.6. The van der Waals surface area contributed by atoms with Gasteiger partial charge in [0.1, 0.15) is 12.3 Å². The average Bonchev–Trinajstić information content (AvgIpc) is 2.72. The Morgan fingerprint density at radius 1 is 1.21 bits per heavy atom. The van der Waals surface area contributed by atoms with Gasteiger partial charge in [0, 0.05) is 18.4 Å². The third kappa shape index (κ3) is 6.70. The molecule has 0 spiro atoms. The van der Waals surface area contributed by atoms with Crippen molar-refractivity contribution in [3.63, 3.8) is 0 Å². The van der Waals surface area contributed by atoms with Crippen LogP contribution in [0.1, 0.15) is 11.1 Å². The molecule has 0 aliphatic heterocycles. The highest BCUT2D eigenvalue weighted by Gasteiger charge is 2.15. The zero-order valence-electron chi connectivity index (χ0n) is 16.2. The van der Waals surface area contributed by atoms with Crippen molar-refractivity contribution >= 4 is 46.8 Å². The molecule has 0 unspecified atom stereocenters. The van der Waals surface area contributed by atoms with Gasteiger partial charge in [-0.3, -0.25) is 4.79 Å². The summed E-state index contributed by atoms with van der Waals surface area (Å²) in [5, 5.41) is 3.69. The summed E-state index contributed by atoms with van der Waals surface area (Å²) in [6, 6.07) is 10.7. The summed E-state index contributed by atoms with van der Waals surface area (Å²) < 4.78 is 15.1. The van der Waals surface area contributed by atoms with E-state index in [0.717, 1.165) is 5.56 Å². The van der Waals surface area contributed by atoms with Gasteiger partial charge in [-0.1, -0.05) is 48.0 Å². The fraction of sp³-hybridized carbons (Fsp3) is 0.238. The maximum atomic E-state index is 12.6. The molecule has 0 saturated heterocycles. The molecule has 0 aliphatic rings. The minimum absolute atomic E-state index is 0.282. The molecule has 2 aromatic rings. The lowest BCUT2D eigenvalue weighted by molar-refractivity contribution is -0.114. The van der Waals surface area contributed by atoms with Crippen LogP contribution >= 0.6 is 35.1 Å². The van der Waals surface area contributed by atoms with Crippen LogP contribution in [-0.4, -0.2) is 38.1 Å². The number of halogens is 2. The third-order valence-corrected chi connectivity index (χ3v) is 4.98. The van der Waals surface area contributed by atoms with Crippen molar-refractivity contribution in [2.75, 3.05) is 26.5 Å². The lowest BCUT2D eigenvalue weighted by Crippen LogP contribution is -2.33. The molecule has 0 radical (unpaired) electrons. The van der Waals surface area contributed by atoms with Gasteiger partial charge in [0.2, 0.25) is 0 Å². The number of rotatable bonds is 10. The molecule has 2 aromatic carbocycles. The molecule has 0 aromatic heterocycles. The van der Waals surface area contributed by atoms with Gasteiger partial charge < -0.3 is 14.8 Å². The lowest BCUT2D eigenvalue weighted by Gasteiger charge is -2.12. The van der Waals surface area contributed by atoms with Gasteiger partial charge in [-0.05, 0) is 48.2 Å². The predicted molar refractivity (Wildman–Crippen MR) is 122 cm³/mol. The number of hydrogen-bond donors (Lipinski definition) is 1. The molecule has 0 aliphatic carbocycles. The van der Waals surface area contributed by atoms with Gasteiger partial charge in [-0.25, -0.2) is 4.40 Å². The summed E-state index contributed by atoms with van der Waals surface area (Å²) in [4.78, 5) is 12.6. The number of nitrogens with zero attached hydrogens (tertiary/aromatic N) is 1. The summed E-state index contributed by atoms with van der Waals surface area (Å²) in [7, 11) is 1.59. The molecule has 0 bridgehead atoms. The topological polar surface area (TPSA) is 59.9 Å². The number of ether oxygens (including phenoxy) is 2. The number of amides is 1. The molecular weight excluding hydrogens is 431 g/mol. The second-order valence-corrected chi connectivity index (χ2v) is 7.20. The number of benzene rings is 2. The van der Waals surface area contributed by atoms with E-state index in [2.05, 4.69) is 16.3 Å². The fourth-order valence-electron chi connectivity index (χ4n) is 2.50. The van der Waals surface area contributed by atoms with Crippen molar-refractivity contribution in [2.45, 2.75) is 6.42 Å². The normalized spacial score (nSPS) is 11.1. The van der Waals surface area contributed by atoms with E-state index >= 15 is 0 Å². The van der Waals surface area contributed by atoms with Gasteiger partial charge in [-0.15, -0.1) is 0 Å². The van der Waals surface area contributed by atoms with Crippen molar-refractivity contribution in [1.29, 1.82) is 0 Å². The SMILES string of the molecule is C=CCOc1ccc(CCNC(=O)C(=NSC)c2ccc(Cl)c(Cl)c2)cc1OC. The first-order chi connectivity index (χ1) is 14.0. The number of nitrogens with one attached hydrogen (secondary N) is 1. The number of hydrogen-bond acceptors (Lipinski definition) is 5. The van der Waals surface area contributed by atoms with E-state index in [4.69, 9.17) is 32.7 Å². The number of carbonyl (C=O) groups excluding carboxylic acids is 1. The van der Waals surface area contributed by atoms with Crippen molar-refractivity contribution in [1.82, 2.24) is 5.32 Å². The van der Waals surface area contributed by atoms with Gasteiger partial charge in [-0.2, -0.15) is 0 Å². The van der Waals surface area contributed by atoms with Gasteiger partial charge in [0.25, 0.3) is 5.91 Å². The van der Waals surface area contributed by atoms with Crippen LogP contribution in [0.15, 0.2) is 53.5 Å². The Balaban J connectivity index is 2.02. The van der Waals surface area contributed by atoms with Crippen molar-refractivity contribution < 1.29 is 14.3 Å². The molecule has 8 heteroatoms. The van der Waals surface area contributed by atoms with Crippen LogP contribution in [-0.2, 0) is 11.2 Å². The van der Waals surface area contributed by atoms with E-state index in [1.807, 2.05) is 18.2 Å². The number of carbonyl (C=O) groups is 1. The van der Waals surface area contributed by atoms with Gasteiger partial charge in [0.15, 0.2) is 11.5 Å². The molecule has 0 saturated carbocycles. The summed E-state index contributed by atoms with van der Waals surface area (Å²) in [5.74, 6) is 1.00. The molecule has 0 atom stereocenters. The van der Waals surface area contributed by atoms with E-state index in [1.54, 1.807) is 37.6 Å². The van der Waals surface area contributed by atoms with Gasteiger partial charge >= 0.3 is 0 Å². The lowest BCUT2D eigenvalue weighted by atomic mass is 10.1. The highest BCUT2D eigenvalue weighted by molar-refractivity contribution is 7.97. The molecule has 0 heterocycles.